The highest BCUT2D eigenvalue weighted by atomic mass is 32.2. The number of benzene rings is 2. The number of hydrogen-bond donors (Lipinski definition) is 4. The van der Waals surface area contributed by atoms with Gasteiger partial charge in [0.1, 0.15) is 0 Å². The number of para-hydroxylation sites is 1. The van der Waals surface area contributed by atoms with Crippen LogP contribution in [0.5, 0.6) is 0 Å². The van der Waals surface area contributed by atoms with Gasteiger partial charge in [0.25, 0.3) is 15.9 Å². The molecule has 1 fully saturated rings. The number of amides is 1. The van der Waals surface area contributed by atoms with E-state index in [0.717, 1.165) is 0 Å². The zero-order chi connectivity index (χ0) is 21.5. The summed E-state index contributed by atoms with van der Waals surface area (Å²) in [4.78, 5) is 29.0. The normalized spacial score (nSPS) is 18.3. The van der Waals surface area contributed by atoms with Gasteiger partial charge in [-0.2, -0.15) is 0 Å². The average Bonchev–Trinajstić information content (AvgIpc) is 3.21. The molecule has 10 nitrogen and oxygen atoms in total. The summed E-state index contributed by atoms with van der Waals surface area (Å²) in [7, 11) is -7.23. The second kappa shape index (κ2) is 7.29. The number of aromatic amines is 2. The van der Waals surface area contributed by atoms with Crippen LogP contribution in [-0.4, -0.2) is 50.3 Å². The van der Waals surface area contributed by atoms with E-state index in [1.165, 1.54) is 30.3 Å². The molecule has 12 heteroatoms. The molecule has 0 aliphatic carbocycles. The van der Waals surface area contributed by atoms with Gasteiger partial charge in [0.05, 0.1) is 38.7 Å². The third kappa shape index (κ3) is 4.09. The molecule has 2 heterocycles. The van der Waals surface area contributed by atoms with Crippen LogP contribution in [0.4, 0.5) is 5.69 Å². The van der Waals surface area contributed by atoms with Crippen LogP contribution < -0.4 is 15.7 Å². The second-order valence-electron chi connectivity index (χ2n) is 7.01. The van der Waals surface area contributed by atoms with E-state index >= 15 is 0 Å². The molecule has 4 N–H and O–H groups in total. The van der Waals surface area contributed by atoms with Crippen molar-refractivity contribution >= 4 is 42.5 Å². The Morgan fingerprint density at radius 1 is 1.07 bits per heavy atom. The van der Waals surface area contributed by atoms with E-state index in [9.17, 15) is 26.4 Å². The molecule has 0 radical (unpaired) electrons. The summed E-state index contributed by atoms with van der Waals surface area (Å²) in [5.74, 6) is -0.696. The maximum atomic E-state index is 12.8. The molecule has 1 aliphatic heterocycles. The number of fused-ring (bicyclic) bond motifs is 1. The molecular weight excluding hydrogens is 432 g/mol. The highest BCUT2D eigenvalue weighted by molar-refractivity contribution is 7.92. The third-order valence-corrected chi connectivity index (χ3v) is 7.91. The van der Waals surface area contributed by atoms with Crippen LogP contribution >= 0.6 is 0 Å². The lowest BCUT2D eigenvalue weighted by atomic mass is 10.1. The minimum Gasteiger partial charge on any atom is -0.348 e. The molecule has 4 rings (SSSR count). The summed E-state index contributed by atoms with van der Waals surface area (Å²) in [6, 6.07) is 9.62. The van der Waals surface area contributed by atoms with E-state index in [1.54, 1.807) is 12.1 Å². The zero-order valence-electron chi connectivity index (χ0n) is 15.5. The lowest BCUT2D eigenvalue weighted by Crippen LogP contribution is -2.36. The average molecular weight is 450 g/mol. The molecule has 1 amide bonds. The van der Waals surface area contributed by atoms with Gasteiger partial charge in [-0.1, -0.05) is 12.1 Å². The molecule has 0 saturated carbocycles. The molecule has 2 aromatic carbocycles. The number of sulfonamides is 1. The van der Waals surface area contributed by atoms with Crippen molar-refractivity contribution in [1.29, 1.82) is 0 Å². The van der Waals surface area contributed by atoms with Crippen molar-refractivity contribution in [3.63, 3.8) is 0 Å². The topological polar surface area (TPSA) is 158 Å². The summed E-state index contributed by atoms with van der Waals surface area (Å²) >= 11 is 0. The van der Waals surface area contributed by atoms with Gasteiger partial charge in [0, 0.05) is 6.04 Å². The first-order valence-corrected chi connectivity index (χ1v) is 12.3. The first-order chi connectivity index (χ1) is 14.1. The SMILES string of the molecule is O=C(N[C@H]1CCS(=O)(=O)C1)c1ccccc1NS(=O)(=O)c1ccc2[nH]c(=O)[nH]c2c1. The molecule has 0 unspecified atom stereocenters. The maximum absolute atomic E-state index is 12.8. The van der Waals surface area contributed by atoms with Crippen molar-refractivity contribution in [2.75, 3.05) is 16.2 Å². The Hall–Kier alpha value is -3.12. The molecule has 3 aromatic rings. The predicted molar refractivity (Wildman–Crippen MR) is 111 cm³/mol. The Morgan fingerprint density at radius 3 is 2.53 bits per heavy atom. The Kier molecular flexibility index (Phi) is 4.90. The van der Waals surface area contributed by atoms with Crippen LogP contribution in [-0.2, 0) is 19.9 Å². The maximum Gasteiger partial charge on any atom is 0.323 e. The summed E-state index contributed by atoms with van der Waals surface area (Å²) in [6.45, 7) is 0. The first kappa shape index (κ1) is 20.2. The molecule has 1 atom stereocenters. The van der Waals surface area contributed by atoms with Gasteiger partial charge in [0.2, 0.25) is 0 Å². The number of anilines is 1. The number of rotatable bonds is 5. The number of nitrogens with one attached hydrogen (secondary N) is 4. The number of hydrogen-bond acceptors (Lipinski definition) is 6. The fourth-order valence-electron chi connectivity index (χ4n) is 3.32. The lowest BCUT2D eigenvalue weighted by Gasteiger charge is -2.15. The van der Waals surface area contributed by atoms with Gasteiger partial charge in [-0.15, -0.1) is 0 Å². The fraction of sp³-hybridized carbons (Fsp3) is 0.222. The second-order valence-corrected chi connectivity index (χ2v) is 10.9. The summed E-state index contributed by atoms with van der Waals surface area (Å²) < 4.78 is 51.2. The molecule has 30 heavy (non-hydrogen) atoms. The largest absolute Gasteiger partial charge is 0.348 e. The predicted octanol–water partition coefficient (Wildman–Crippen LogP) is 0.574. The van der Waals surface area contributed by atoms with Gasteiger partial charge < -0.3 is 15.3 Å². The van der Waals surface area contributed by atoms with Gasteiger partial charge in [-0.25, -0.2) is 21.6 Å². The quantitative estimate of drug-likeness (QED) is 0.445. The van der Waals surface area contributed by atoms with Crippen LogP contribution in [0, 0.1) is 0 Å². The Bertz CT molecular complexity index is 1410. The number of carbonyl (C=O) groups is 1. The number of sulfone groups is 1. The fourth-order valence-corrected chi connectivity index (χ4v) is 6.10. The standard InChI is InChI=1S/C18H18N4O6S2/c23-17(19-11-7-8-29(25,26)10-11)13-3-1-2-4-14(13)22-30(27,28)12-5-6-15-16(9-12)21-18(24)20-15/h1-6,9,11,22H,7-8,10H2,(H,19,23)(H2,20,21,24)/t11-/m0/s1. The van der Waals surface area contributed by atoms with Crippen LogP contribution in [0.25, 0.3) is 11.0 Å². The highest BCUT2D eigenvalue weighted by Gasteiger charge is 2.30. The highest BCUT2D eigenvalue weighted by Crippen LogP contribution is 2.22. The molecule has 1 aliphatic rings. The van der Waals surface area contributed by atoms with Crippen LogP contribution in [0.15, 0.2) is 52.2 Å². The minimum absolute atomic E-state index is 0.00987. The first-order valence-electron chi connectivity index (χ1n) is 8.98. The summed E-state index contributed by atoms with van der Waals surface area (Å²) in [6.07, 6.45) is 0.316. The van der Waals surface area contributed by atoms with Crippen LogP contribution in [0.2, 0.25) is 0 Å². The zero-order valence-corrected chi connectivity index (χ0v) is 17.1. The van der Waals surface area contributed by atoms with Crippen LogP contribution in [0.3, 0.4) is 0 Å². The van der Waals surface area contributed by atoms with Gasteiger partial charge in [0.15, 0.2) is 9.84 Å². The van der Waals surface area contributed by atoms with E-state index in [0.29, 0.717) is 17.5 Å². The number of imidazole rings is 1. The van der Waals surface area contributed by atoms with Crippen LogP contribution in [0.1, 0.15) is 16.8 Å². The van der Waals surface area contributed by atoms with E-state index < -0.39 is 37.5 Å². The molecule has 158 valence electrons. The molecule has 0 bridgehead atoms. The van der Waals surface area contributed by atoms with Gasteiger partial charge in [-0.05, 0) is 36.8 Å². The van der Waals surface area contributed by atoms with Crippen molar-refractivity contribution in [2.24, 2.45) is 0 Å². The molecular formula is C18H18N4O6S2. The lowest BCUT2D eigenvalue weighted by molar-refractivity contribution is 0.0942. The van der Waals surface area contributed by atoms with Crippen molar-refractivity contribution < 1.29 is 21.6 Å². The van der Waals surface area contributed by atoms with Gasteiger partial charge in [-0.3, -0.25) is 9.52 Å². The third-order valence-electron chi connectivity index (χ3n) is 4.78. The van der Waals surface area contributed by atoms with Gasteiger partial charge >= 0.3 is 5.69 Å². The minimum atomic E-state index is -4.06. The number of H-pyrrole nitrogens is 2. The Balaban J connectivity index is 1.59. The van der Waals surface area contributed by atoms with Crippen molar-refractivity contribution in [2.45, 2.75) is 17.4 Å². The Morgan fingerprint density at radius 2 is 1.80 bits per heavy atom. The molecule has 0 spiro atoms. The molecule has 1 aromatic heterocycles. The summed E-state index contributed by atoms with van der Waals surface area (Å²) in [5, 5.41) is 2.65. The van der Waals surface area contributed by atoms with E-state index in [2.05, 4.69) is 20.0 Å². The van der Waals surface area contributed by atoms with Crippen molar-refractivity contribution in [1.82, 2.24) is 15.3 Å². The molecule has 1 saturated heterocycles. The summed E-state index contributed by atoms with van der Waals surface area (Å²) in [5.41, 5.74) is 0.463. The van der Waals surface area contributed by atoms with E-state index in [-0.39, 0.29) is 27.7 Å². The van der Waals surface area contributed by atoms with E-state index in [1.807, 2.05) is 0 Å². The smallest absolute Gasteiger partial charge is 0.323 e. The Labute approximate surface area is 171 Å². The van der Waals surface area contributed by atoms with Crippen molar-refractivity contribution in [3.8, 4) is 0 Å². The van der Waals surface area contributed by atoms with Crippen molar-refractivity contribution in [3.05, 3.63) is 58.5 Å². The number of carbonyl (C=O) groups excluding carboxylic acids is 1. The monoisotopic (exact) mass is 450 g/mol. The number of aromatic nitrogens is 2. The van der Waals surface area contributed by atoms with E-state index in [4.69, 9.17) is 0 Å².